The van der Waals surface area contributed by atoms with Gasteiger partial charge >= 0.3 is 0 Å². The number of hydrogen-bond acceptors (Lipinski definition) is 3. The number of nitrogens with zero attached hydrogens (tertiary/aromatic N) is 1. The van der Waals surface area contributed by atoms with Gasteiger partial charge in [-0.15, -0.1) is 0 Å². The summed E-state index contributed by atoms with van der Waals surface area (Å²) in [7, 11) is 0. The number of likely N-dealkylation sites (tertiary alicyclic amines) is 1. The Kier molecular flexibility index (Phi) is 5.41. The quantitative estimate of drug-likeness (QED) is 0.600. The minimum absolute atomic E-state index is 0.164. The standard InChI is InChI=1S/C12H22N2O3/c1-3-14(4-2)11(15)9-13-7-5-10(6-8-13)12(16)17/h10H,3-9H2,1-2H3,(H,16,17). The Balaban J connectivity index is 2.35. The normalized spacial score (nSPS) is 24.4. The van der Waals surface area contributed by atoms with Crippen LogP contribution in [0.3, 0.4) is 0 Å². The molecule has 1 heterocycles. The lowest BCUT2D eigenvalue weighted by atomic mass is 9.97. The van der Waals surface area contributed by atoms with Gasteiger partial charge in [-0.1, -0.05) is 0 Å². The molecule has 0 aromatic rings. The summed E-state index contributed by atoms with van der Waals surface area (Å²) in [5, 5.41) is 10.7. The number of aliphatic carboxylic acids is 1. The molecule has 0 aromatic heterocycles. The second kappa shape index (κ2) is 6.59. The predicted molar refractivity (Wildman–Crippen MR) is 61.2 cm³/mol. The zero-order chi connectivity index (χ0) is 12.8. The number of carbonyl (C=O) groups excluding carboxylic acids is 2. The van der Waals surface area contributed by atoms with E-state index in [1.54, 1.807) is 0 Å². The first-order chi connectivity index (χ1) is 8.08. The zero-order valence-electron chi connectivity index (χ0n) is 10.7. The summed E-state index contributed by atoms with van der Waals surface area (Å²) in [6, 6.07) is 0. The second-order valence-corrected chi connectivity index (χ2v) is 4.59. The number of likely N-dealkylation sites (N-methyl/N-ethyl adjacent to an activating group) is 1. The molecule has 1 aliphatic heterocycles. The van der Waals surface area contributed by atoms with Crippen LogP contribution in [-0.4, -0.2) is 49.5 Å². The smallest absolute Gasteiger partial charge is 0.277 e. The predicted octanol–water partition coefficient (Wildman–Crippen LogP) is -2.10. The molecule has 1 N–H and O–H groups in total. The number of amides is 1. The molecule has 1 fully saturated rings. The first kappa shape index (κ1) is 14.0. The Morgan fingerprint density at radius 2 is 1.76 bits per heavy atom. The monoisotopic (exact) mass is 242 g/mol. The van der Waals surface area contributed by atoms with E-state index in [2.05, 4.69) is 0 Å². The SMILES string of the molecule is CCN(CC)C(=O)C[NH+]1CCC(C(=O)[O-])CC1. The van der Waals surface area contributed by atoms with Crippen molar-refractivity contribution in [2.45, 2.75) is 26.7 Å². The van der Waals surface area contributed by atoms with Gasteiger partial charge in [0.05, 0.1) is 13.1 Å². The van der Waals surface area contributed by atoms with Crippen LogP contribution in [0.2, 0.25) is 0 Å². The van der Waals surface area contributed by atoms with Crippen LogP contribution in [0.5, 0.6) is 0 Å². The Hall–Kier alpha value is -1.10. The minimum atomic E-state index is -0.945. The highest BCUT2D eigenvalue weighted by Gasteiger charge is 2.25. The van der Waals surface area contributed by atoms with Gasteiger partial charge in [0.1, 0.15) is 0 Å². The van der Waals surface area contributed by atoms with Crippen LogP contribution in [0.4, 0.5) is 0 Å². The number of piperidine rings is 1. The number of carboxylic acids is 1. The van der Waals surface area contributed by atoms with E-state index in [1.807, 2.05) is 18.7 Å². The summed E-state index contributed by atoms with van der Waals surface area (Å²) < 4.78 is 0. The summed E-state index contributed by atoms with van der Waals surface area (Å²) in [4.78, 5) is 25.6. The lowest BCUT2D eigenvalue weighted by Gasteiger charge is -2.30. The van der Waals surface area contributed by atoms with Crippen molar-refractivity contribution in [3.63, 3.8) is 0 Å². The minimum Gasteiger partial charge on any atom is -0.550 e. The number of carbonyl (C=O) groups is 2. The highest BCUT2D eigenvalue weighted by molar-refractivity contribution is 5.77. The van der Waals surface area contributed by atoms with E-state index in [9.17, 15) is 14.7 Å². The Labute approximate surface area is 102 Å². The van der Waals surface area contributed by atoms with E-state index in [4.69, 9.17) is 0 Å². The molecule has 0 aromatic carbocycles. The topological polar surface area (TPSA) is 64.9 Å². The van der Waals surface area contributed by atoms with Crippen molar-refractivity contribution in [2.24, 2.45) is 5.92 Å². The molecular formula is C12H22N2O3. The van der Waals surface area contributed by atoms with Crippen molar-refractivity contribution in [1.82, 2.24) is 4.90 Å². The molecule has 0 bridgehead atoms. The molecule has 0 spiro atoms. The Morgan fingerprint density at radius 3 is 2.18 bits per heavy atom. The lowest BCUT2D eigenvalue weighted by Crippen LogP contribution is -3.14. The molecule has 1 amide bonds. The third kappa shape index (κ3) is 4.00. The first-order valence-corrected chi connectivity index (χ1v) is 6.40. The molecule has 5 heteroatoms. The van der Waals surface area contributed by atoms with Crippen LogP contribution in [0, 0.1) is 5.92 Å². The van der Waals surface area contributed by atoms with Crippen LogP contribution < -0.4 is 10.0 Å². The van der Waals surface area contributed by atoms with Crippen LogP contribution in [0.15, 0.2) is 0 Å². The first-order valence-electron chi connectivity index (χ1n) is 6.40. The third-order valence-corrected chi connectivity index (χ3v) is 3.54. The van der Waals surface area contributed by atoms with Gasteiger partial charge in [0, 0.05) is 37.8 Å². The molecule has 0 unspecified atom stereocenters. The molecule has 98 valence electrons. The third-order valence-electron chi connectivity index (χ3n) is 3.54. The summed E-state index contributed by atoms with van der Waals surface area (Å²) in [6.07, 6.45) is 1.26. The summed E-state index contributed by atoms with van der Waals surface area (Å²) in [6.45, 7) is 7.42. The van der Waals surface area contributed by atoms with E-state index >= 15 is 0 Å². The van der Waals surface area contributed by atoms with Crippen LogP contribution in [0.25, 0.3) is 0 Å². The summed E-state index contributed by atoms with van der Waals surface area (Å²) in [5.74, 6) is -1.10. The molecule has 0 saturated carbocycles. The molecule has 1 rings (SSSR count). The number of quaternary nitrogens is 1. The van der Waals surface area contributed by atoms with Crippen LogP contribution >= 0.6 is 0 Å². The van der Waals surface area contributed by atoms with Crippen molar-refractivity contribution in [3.05, 3.63) is 0 Å². The van der Waals surface area contributed by atoms with Crippen molar-refractivity contribution < 1.29 is 19.6 Å². The van der Waals surface area contributed by atoms with Crippen LogP contribution in [-0.2, 0) is 9.59 Å². The van der Waals surface area contributed by atoms with Gasteiger partial charge < -0.3 is 19.7 Å². The maximum Gasteiger partial charge on any atom is 0.277 e. The Bertz CT molecular complexity index is 269. The highest BCUT2D eigenvalue weighted by Crippen LogP contribution is 2.07. The second-order valence-electron chi connectivity index (χ2n) is 4.59. The van der Waals surface area contributed by atoms with Gasteiger partial charge in [0.15, 0.2) is 6.54 Å². The average Bonchev–Trinajstić information content (AvgIpc) is 2.31. The number of carboxylic acid groups (broad SMARTS) is 1. The van der Waals surface area contributed by atoms with E-state index in [0.29, 0.717) is 19.4 Å². The van der Waals surface area contributed by atoms with E-state index in [0.717, 1.165) is 26.2 Å². The molecule has 0 aliphatic carbocycles. The van der Waals surface area contributed by atoms with Gasteiger partial charge in [-0.3, -0.25) is 4.79 Å². The molecule has 1 saturated heterocycles. The van der Waals surface area contributed by atoms with E-state index in [1.165, 1.54) is 4.90 Å². The van der Waals surface area contributed by atoms with Crippen molar-refractivity contribution in [3.8, 4) is 0 Å². The zero-order valence-corrected chi connectivity index (χ0v) is 10.7. The highest BCUT2D eigenvalue weighted by atomic mass is 16.4. The number of rotatable bonds is 5. The Morgan fingerprint density at radius 1 is 1.24 bits per heavy atom. The number of nitrogens with one attached hydrogen (secondary N) is 1. The molecule has 0 atom stereocenters. The molecule has 0 radical (unpaired) electrons. The van der Waals surface area contributed by atoms with Crippen molar-refractivity contribution in [2.75, 3.05) is 32.7 Å². The molecule has 5 nitrogen and oxygen atoms in total. The fourth-order valence-corrected chi connectivity index (χ4v) is 2.34. The van der Waals surface area contributed by atoms with Gasteiger partial charge in [-0.25, -0.2) is 0 Å². The maximum absolute atomic E-state index is 11.9. The lowest BCUT2D eigenvalue weighted by molar-refractivity contribution is -0.898. The van der Waals surface area contributed by atoms with Crippen molar-refractivity contribution in [1.29, 1.82) is 0 Å². The fraction of sp³-hybridized carbons (Fsp3) is 0.833. The molecule has 1 aliphatic rings. The van der Waals surface area contributed by atoms with E-state index < -0.39 is 5.97 Å². The van der Waals surface area contributed by atoms with Gasteiger partial charge in [-0.2, -0.15) is 0 Å². The molecule has 17 heavy (non-hydrogen) atoms. The van der Waals surface area contributed by atoms with E-state index in [-0.39, 0.29) is 11.8 Å². The maximum atomic E-state index is 11.9. The fourth-order valence-electron chi connectivity index (χ4n) is 2.34. The largest absolute Gasteiger partial charge is 0.550 e. The van der Waals surface area contributed by atoms with Gasteiger partial charge in [0.25, 0.3) is 5.91 Å². The summed E-state index contributed by atoms with van der Waals surface area (Å²) in [5.41, 5.74) is 0. The van der Waals surface area contributed by atoms with Gasteiger partial charge in [-0.05, 0) is 13.8 Å². The number of hydrogen-bond donors (Lipinski definition) is 1. The van der Waals surface area contributed by atoms with Crippen LogP contribution in [0.1, 0.15) is 26.7 Å². The molecular weight excluding hydrogens is 220 g/mol. The van der Waals surface area contributed by atoms with Gasteiger partial charge in [0.2, 0.25) is 0 Å². The average molecular weight is 242 g/mol. The summed E-state index contributed by atoms with van der Waals surface area (Å²) >= 11 is 0. The van der Waals surface area contributed by atoms with Crippen molar-refractivity contribution >= 4 is 11.9 Å².